The minimum absolute atomic E-state index is 0.00692. The number of rotatable bonds is 9. The molecule has 1 aromatic rings. The molecule has 2 N–H and O–H groups in total. The molecule has 3 amide bonds. The van der Waals surface area contributed by atoms with Crippen LogP contribution in [0.25, 0.3) is 0 Å². The number of alkyl halides is 6. The van der Waals surface area contributed by atoms with Crippen LogP contribution >= 0.6 is 0 Å². The summed E-state index contributed by atoms with van der Waals surface area (Å²) < 4.78 is 88.0. The molecule has 0 aliphatic carbocycles. The molecule has 9 nitrogen and oxygen atoms in total. The van der Waals surface area contributed by atoms with E-state index in [2.05, 4.69) is 5.32 Å². The highest BCUT2D eigenvalue weighted by Crippen LogP contribution is 2.29. The van der Waals surface area contributed by atoms with E-state index in [0.29, 0.717) is 25.9 Å². The van der Waals surface area contributed by atoms with Crippen molar-refractivity contribution in [1.82, 2.24) is 9.80 Å². The Morgan fingerprint density at radius 3 is 2.36 bits per heavy atom. The fourth-order valence-electron chi connectivity index (χ4n) is 4.75. The Bertz CT molecular complexity index is 1130. The zero-order valence-electron chi connectivity index (χ0n) is 26.0. The molecule has 0 fully saturated rings. The summed E-state index contributed by atoms with van der Waals surface area (Å²) in [5.41, 5.74) is 0.0912. The molecule has 45 heavy (non-hydrogen) atoms. The molecule has 1 aromatic carbocycles. The lowest BCUT2D eigenvalue weighted by Crippen LogP contribution is -2.48. The number of halogens is 6. The van der Waals surface area contributed by atoms with Crippen LogP contribution in [0.5, 0.6) is 5.75 Å². The number of carbonyl (C=O) groups is 3. The number of nitrogens with zero attached hydrogens (tertiary/aromatic N) is 2. The Morgan fingerprint density at radius 1 is 1.09 bits per heavy atom. The number of anilines is 1. The van der Waals surface area contributed by atoms with Crippen LogP contribution in [0.4, 0.5) is 32.0 Å². The Hall–Kier alpha value is -3.07. The van der Waals surface area contributed by atoms with Crippen molar-refractivity contribution in [3.63, 3.8) is 0 Å². The zero-order chi connectivity index (χ0) is 33.9. The number of benzene rings is 1. The third-order valence-corrected chi connectivity index (χ3v) is 7.47. The monoisotopic (exact) mass is 655 g/mol. The number of aliphatic hydroxyl groups is 1. The molecule has 2 rings (SSSR count). The summed E-state index contributed by atoms with van der Waals surface area (Å²) in [7, 11) is 1.39. The normalized spacial score (nSPS) is 21.3. The molecule has 0 saturated heterocycles. The fraction of sp³-hybridized carbons (Fsp3) is 0.700. The van der Waals surface area contributed by atoms with Crippen molar-refractivity contribution < 1.29 is 55.3 Å². The molecule has 0 saturated carbocycles. The average molecular weight is 656 g/mol. The van der Waals surface area contributed by atoms with Gasteiger partial charge >= 0.3 is 12.4 Å². The maximum Gasteiger partial charge on any atom is 0.389 e. The fourth-order valence-corrected chi connectivity index (χ4v) is 4.75. The molecule has 0 radical (unpaired) electrons. The second-order valence-corrected chi connectivity index (χ2v) is 11.6. The van der Waals surface area contributed by atoms with Crippen molar-refractivity contribution >= 4 is 23.4 Å². The summed E-state index contributed by atoms with van der Waals surface area (Å²) in [6, 6.07) is 3.46. The Morgan fingerprint density at radius 2 is 1.73 bits per heavy atom. The van der Waals surface area contributed by atoms with Crippen LogP contribution < -0.4 is 10.1 Å². The molecule has 1 aliphatic heterocycles. The minimum Gasteiger partial charge on any atom is -0.490 e. The van der Waals surface area contributed by atoms with Gasteiger partial charge < -0.3 is 29.7 Å². The van der Waals surface area contributed by atoms with E-state index in [1.165, 1.54) is 35.0 Å². The third kappa shape index (κ3) is 13.4. The smallest absolute Gasteiger partial charge is 0.389 e. The molecule has 1 aliphatic rings. The summed E-state index contributed by atoms with van der Waals surface area (Å²) in [6.07, 6.45) is -12.2. The highest BCUT2D eigenvalue weighted by atomic mass is 19.4. The summed E-state index contributed by atoms with van der Waals surface area (Å²) in [5.74, 6) is -2.47. The van der Waals surface area contributed by atoms with Gasteiger partial charge in [0.2, 0.25) is 11.8 Å². The van der Waals surface area contributed by atoms with Crippen molar-refractivity contribution in [2.75, 3.05) is 38.7 Å². The van der Waals surface area contributed by atoms with Crippen LogP contribution in [0, 0.1) is 5.92 Å². The van der Waals surface area contributed by atoms with E-state index in [4.69, 9.17) is 9.47 Å². The maximum absolute atomic E-state index is 14.0. The summed E-state index contributed by atoms with van der Waals surface area (Å²) >= 11 is 0. The van der Waals surface area contributed by atoms with Gasteiger partial charge in [-0.1, -0.05) is 6.92 Å². The molecular formula is C30H43F6N3O6. The molecule has 1 heterocycles. The predicted octanol–water partition coefficient (Wildman–Crippen LogP) is 5.56. The van der Waals surface area contributed by atoms with E-state index in [1.807, 2.05) is 0 Å². The first-order valence-electron chi connectivity index (χ1n) is 14.9. The lowest BCUT2D eigenvalue weighted by atomic mass is 10.0. The van der Waals surface area contributed by atoms with Gasteiger partial charge in [0, 0.05) is 51.2 Å². The van der Waals surface area contributed by atoms with Gasteiger partial charge in [0.05, 0.1) is 43.3 Å². The van der Waals surface area contributed by atoms with E-state index >= 15 is 0 Å². The van der Waals surface area contributed by atoms with E-state index in [0.717, 1.165) is 0 Å². The summed E-state index contributed by atoms with van der Waals surface area (Å²) in [5, 5.41) is 12.4. The first-order chi connectivity index (χ1) is 20.9. The van der Waals surface area contributed by atoms with Crippen molar-refractivity contribution in [3.05, 3.63) is 23.8 Å². The van der Waals surface area contributed by atoms with Gasteiger partial charge in [-0.15, -0.1) is 0 Å². The Labute approximate surface area is 259 Å². The minimum atomic E-state index is -4.51. The molecular weight excluding hydrogens is 612 g/mol. The molecule has 256 valence electrons. The van der Waals surface area contributed by atoms with E-state index in [-0.39, 0.29) is 36.2 Å². The molecule has 4 atom stereocenters. The number of aliphatic hydroxyl groups excluding tert-OH is 1. The van der Waals surface area contributed by atoms with Crippen molar-refractivity contribution in [3.8, 4) is 5.75 Å². The van der Waals surface area contributed by atoms with Crippen LogP contribution in [0.3, 0.4) is 0 Å². The number of hydrogen-bond donors (Lipinski definition) is 2. The summed E-state index contributed by atoms with van der Waals surface area (Å²) in [6.45, 7) is 5.00. The van der Waals surface area contributed by atoms with E-state index < -0.39 is 80.4 Å². The lowest BCUT2D eigenvalue weighted by Gasteiger charge is -2.36. The predicted molar refractivity (Wildman–Crippen MR) is 154 cm³/mol. The number of fused-ring (bicyclic) bond motifs is 1. The maximum atomic E-state index is 14.0. The third-order valence-electron chi connectivity index (χ3n) is 7.47. The second-order valence-electron chi connectivity index (χ2n) is 11.6. The molecule has 15 heteroatoms. The average Bonchev–Trinajstić information content (AvgIpc) is 2.95. The second kappa shape index (κ2) is 17.0. The van der Waals surface area contributed by atoms with Crippen LogP contribution in [0.1, 0.15) is 76.1 Å². The largest absolute Gasteiger partial charge is 0.490 e. The van der Waals surface area contributed by atoms with Crippen LogP contribution in [0.2, 0.25) is 0 Å². The Balaban J connectivity index is 2.39. The van der Waals surface area contributed by atoms with Crippen molar-refractivity contribution in [2.45, 2.75) is 96.3 Å². The van der Waals surface area contributed by atoms with Gasteiger partial charge in [-0.2, -0.15) is 26.3 Å². The topological polar surface area (TPSA) is 108 Å². The van der Waals surface area contributed by atoms with Gasteiger partial charge in [-0.3, -0.25) is 14.4 Å². The molecule has 0 unspecified atom stereocenters. The number of hydrogen-bond acceptors (Lipinski definition) is 6. The lowest BCUT2D eigenvalue weighted by molar-refractivity contribution is -0.149. The number of nitrogens with one attached hydrogen (secondary N) is 1. The van der Waals surface area contributed by atoms with Gasteiger partial charge in [-0.05, 0) is 51.3 Å². The Kier molecular flexibility index (Phi) is 14.4. The zero-order valence-corrected chi connectivity index (χ0v) is 26.0. The van der Waals surface area contributed by atoms with Crippen molar-refractivity contribution in [2.24, 2.45) is 5.92 Å². The van der Waals surface area contributed by atoms with E-state index in [1.54, 1.807) is 20.8 Å². The van der Waals surface area contributed by atoms with E-state index in [9.17, 15) is 45.8 Å². The highest BCUT2D eigenvalue weighted by Gasteiger charge is 2.33. The molecule has 0 spiro atoms. The van der Waals surface area contributed by atoms with Gasteiger partial charge in [0.1, 0.15) is 5.75 Å². The van der Waals surface area contributed by atoms with Gasteiger partial charge in [0.15, 0.2) is 0 Å². The quantitative estimate of drug-likeness (QED) is 0.337. The van der Waals surface area contributed by atoms with Gasteiger partial charge in [-0.25, -0.2) is 0 Å². The first kappa shape index (κ1) is 38.1. The standard InChI is InChI=1S/C30H43F6N3O6/c1-19-16-39(20(2)18-40)28(43)23-15-22(37-26(41)10-12-29(31,32)33)8-9-24(23)45-21(3)7-5-6-14-44-25(19)17-38(4)27(42)11-13-30(34,35)36/h8-9,15,19-21,25,40H,5-7,10-14,16-18H2,1-4H3,(H,37,41)/t19-,20-,21+,25+/m1/s1. The summed E-state index contributed by atoms with van der Waals surface area (Å²) in [4.78, 5) is 41.2. The van der Waals surface area contributed by atoms with Gasteiger partial charge in [0.25, 0.3) is 5.91 Å². The SMILES string of the molecule is C[C@@H]1CN([C@H](C)CO)C(=O)c2cc(NC(=O)CCC(F)(F)F)ccc2O[C@@H](C)CCCCO[C@H]1CN(C)C(=O)CCC(F)(F)F. The van der Waals surface area contributed by atoms with Crippen LogP contribution in [-0.2, 0) is 14.3 Å². The number of likely N-dealkylation sites (N-methyl/N-ethyl adjacent to an activating group) is 1. The van der Waals surface area contributed by atoms with Crippen molar-refractivity contribution in [1.29, 1.82) is 0 Å². The highest BCUT2D eigenvalue weighted by molar-refractivity contribution is 5.99. The number of carbonyl (C=O) groups excluding carboxylic acids is 3. The first-order valence-corrected chi connectivity index (χ1v) is 14.9. The molecule has 0 aromatic heterocycles. The number of ether oxygens (including phenoxy) is 2. The molecule has 0 bridgehead atoms. The number of amides is 3. The van der Waals surface area contributed by atoms with Crippen LogP contribution in [0.15, 0.2) is 18.2 Å². The van der Waals surface area contributed by atoms with Crippen LogP contribution in [-0.4, -0.2) is 96.6 Å².